The normalized spacial score (nSPS) is 14.3. The highest BCUT2D eigenvalue weighted by Crippen LogP contribution is 2.24. The first kappa shape index (κ1) is 30.4. The summed E-state index contributed by atoms with van der Waals surface area (Å²) in [5, 5.41) is 3.71. The minimum Gasteiger partial charge on any atom is -0.497 e. The monoisotopic (exact) mass is 597 g/mol. The maximum Gasteiger partial charge on any atom is 0.244 e. The Morgan fingerprint density at radius 1 is 0.951 bits per heavy atom. The lowest BCUT2D eigenvalue weighted by molar-refractivity contribution is -0.140. The number of nitrogens with one attached hydrogen (secondary N) is 1. The van der Waals surface area contributed by atoms with Gasteiger partial charge in [0.1, 0.15) is 18.3 Å². The number of sulfonamides is 1. The number of carbonyl (C=O) groups excluding carboxylic acids is 2. The summed E-state index contributed by atoms with van der Waals surface area (Å²) in [6.45, 7) is -0.368. The summed E-state index contributed by atoms with van der Waals surface area (Å²) >= 11 is 6.11. The van der Waals surface area contributed by atoms with Crippen molar-refractivity contribution in [3.63, 3.8) is 0 Å². The number of hydrogen-bond acceptors (Lipinski definition) is 5. The molecule has 0 heterocycles. The fourth-order valence-corrected chi connectivity index (χ4v) is 6.05. The van der Waals surface area contributed by atoms with Gasteiger partial charge >= 0.3 is 0 Å². The number of hydrogen-bond donors (Lipinski definition) is 1. The standard InChI is InChI=1S/C31H36ClN3O5S/c1-40-28-18-16-27(17-19-28)35(41(2,38)39)22-30(36)34(21-24-12-14-25(32)15-13-24)29(20-23-8-4-3-5-9-23)31(37)33-26-10-6-7-11-26/h3-5,8-9,12-19,26,29H,6-7,10-11,20-22H2,1-2H3,(H,33,37)/t29-/m0/s1. The molecule has 8 nitrogen and oxygen atoms in total. The number of halogens is 1. The molecule has 4 rings (SSSR count). The largest absolute Gasteiger partial charge is 0.497 e. The third-order valence-electron chi connectivity index (χ3n) is 7.28. The first-order valence-electron chi connectivity index (χ1n) is 13.6. The smallest absolute Gasteiger partial charge is 0.244 e. The van der Waals surface area contributed by atoms with E-state index in [1.54, 1.807) is 48.5 Å². The van der Waals surface area contributed by atoms with Crippen LogP contribution in [0.5, 0.6) is 5.75 Å². The summed E-state index contributed by atoms with van der Waals surface area (Å²) in [6.07, 6.45) is 5.23. The molecule has 218 valence electrons. The van der Waals surface area contributed by atoms with Crippen molar-refractivity contribution in [1.29, 1.82) is 0 Å². The van der Waals surface area contributed by atoms with Gasteiger partial charge in [0.15, 0.2) is 0 Å². The van der Waals surface area contributed by atoms with Gasteiger partial charge in [-0.3, -0.25) is 13.9 Å². The molecule has 41 heavy (non-hydrogen) atoms. The lowest BCUT2D eigenvalue weighted by Gasteiger charge is -2.34. The van der Waals surface area contributed by atoms with E-state index in [0.29, 0.717) is 16.5 Å². The number of amides is 2. The fourth-order valence-electron chi connectivity index (χ4n) is 5.07. The van der Waals surface area contributed by atoms with Crippen LogP contribution in [0.3, 0.4) is 0 Å². The molecule has 0 radical (unpaired) electrons. The van der Waals surface area contributed by atoms with E-state index in [-0.39, 0.29) is 24.9 Å². The molecule has 0 bridgehead atoms. The van der Waals surface area contributed by atoms with Crippen LogP contribution in [0.15, 0.2) is 78.9 Å². The van der Waals surface area contributed by atoms with Crippen molar-refractivity contribution >= 4 is 39.1 Å². The first-order chi connectivity index (χ1) is 19.6. The highest BCUT2D eigenvalue weighted by Gasteiger charge is 2.34. The maximum absolute atomic E-state index is 14.1. The number of benzene rings is 3. The predicted molar refractivity (Wildman–Crippen MR) is 162 cm³/mol. The van der Waals surface area contributed by atoms with Gasteiger partial charge in [-0.25, -0.2) is 8.42 Å². The molecule has 0 saturated heterocycles. The summed E-state index contributed by atoms with van der Waals surface area (Å²) in [7, 11) is -2.32. The topological polar surface area (TPSA) is 96.0 Å². The molecule has 0 spiro atoms. The number of ether oxygens (including phenoxy) is 1. The van der Waals surface area contributed by atoms with Crippen molar-refractivity contribution in [3.8, 4) is 5.75 Å². The van der Waals surface area contributed by atoms with Crippen LogP contribution in [-0.2, 0) is 32.6 Å². The van der Waals surface area contributed by atoms with Crippen LogP contribution >= 0.6 is 11.6 Å². The Bertz CT molecular complexity index is 1410. The van der Waals surface area contributed by atoms with Crippen LogP contribution in [0.25, 0.3) is 0 Å². The van der Waals surface area contributed by atoms with Crippen LogP contribution in [0.4, 0.5) is 5.69 Å². The third-order valence-corrected chi connectivity index (χ3v) is 8.67. The molecule has 1 atom stereocenters. The Balaban J connectivity index is 1.71. The summed E-state index contributed by atoms with van der Waals surface area (Å²) in [5.41, 5.74) is 1.98. The van der Waals surface area contributed by atoms with Crippen LogP contribution in [0.2, 0.25) is 5.02 Å². The highest BCUT2D eigenvalue weighted by atomic mass is 35.5. The molecule has 1 saturated carbocycles. The van der Waals surface area contributed by atoms with E-state index in [2.05, 4.69) is 5.32 Å². The number of rotatable bonds is 12. The van der Waals surface area contributed by atoms with Crippen LogP contribution < -0.4 is 14.4 Å². The minimum absolute atomic E-state index is 0.0556. The number of carbonyl (C=O) groups is 2. The molecule has 2 amide bonds. The van der Waals surface area contributed by atoms with E-state index in [1.807, 2.05) is 30.3 Å². The Morgan fingerprint density at radius 3 is 2.17 bits per heavy atom. The molecule has 0 aliphatic heterocycles. The second-order valence-corrected chi connectivity index (χ2v) is 12.7. The van der Waals surface area contributed by atoms with Crippen LogP contribution in [0.1, 0.15) is 36.8 Å². The van der Waals surface area contributed by atoms with Gasteiger partial charge in [0.25, 0.3) is 0 Å². The average Bonchev–Trinajstić information content (AvgIpc) is 3.47. The molecular weight excluding hydrogens is 562 g/mol. The molecule has 3 aromatic carbocycles. The van der Waals surface area contributed by atoms with Crippen molar-refractivity contribution in [2.75, 3.05) is 24.2 Å². The van der Waals surface area contributed by atoms with Crippen LogP contribution in [0, 0.1) is 0 Å². The van der Waals surface area contributed by atoms with Crippen molar-refractivity contribution in [2.24, 2.45) is 0 Å². The quantitative estimate of drug-likeness (QED) is 0.323. The molecule has 0 aromatic heterocycles. The van der Waals surface area contributed by atoms with Gasteiger partial charge in [0.05, 0.1) is 19.1 Å². The lowest BCUT2D eigenvalue weighted by atomic mass is 10.0. The zero-order valence-electron chi connectivity index (χ0n) is 23.3. The molecule has 1 aliphatic rings. The molecule has 1 aliphatic carbocycles. The molecule has 10 heteroatoms. The summed E-state index contributed by atoms with van der Waals surface area (Å²) < 4.78 is 32.0. The maximum atomic E-state index is 14.1. The van der Waals surface area contributed by atoms with Gasteiger partial charge in [0, 0.05) is 24.0 Å². The molecule has 1 N–H and O–H groups in total. The van der Waals surface area contributed by atoms with E-state index in [4.69, 9.17) is 16.3 Å². The van der Waals surface area contributed by atoms with Crippen molar-refractivity contribution in [2.45, 2.75) is 50.7 Å². The third kappa shape index (κ3) is 8.47. The van der Waals surface area contributed by atoms with Crippen molar-refractivity contribution < 1.29 is 22.7 Å². The molecule has 3 aromatic rings. The summed E-state index contributed by atoms with van der Waals surface area (Å²) in [5.74, 6) is -0.188. The van der Waals surface area contributed by atoms with Gasteiger partial charge in [-0.2, -0.15) is 0 Å². The Labute approximate surface area is 247 Å². The summed E-state index contributed by atoms with van der Waals surface area (Å²) in [6, 6.07) is 22.2. The SMILES string of the molecule is COc1ccc(N(CC(=O)N(Cc2ccc(Cl)cc2)[C@@H](Cc2ccccc2)C(=O)NC2CCCC2)S(C)(=O)=O)cc1. The van der Waals surface area contributed by atoms with Gasteiger partial charge in [-0.15, -0.1) is 0 Å². The van der Waals surface area contributed by atoms with Crippen LogP contribution in [-0.4, -0.2) is 57.1 Å². The van der Waals surface area contributed by atoms with E-state index >= 15 is 0 Å². The summed E-state index contributed by atoms with van der Waals surface area (Å²) in [4.78, 5) is 29.5. The van der Waals surface area contributed by atoms with E-state index in [0.717, 1.165) is 47.4 Å². The van der Waals surface area contributed by atoms with E-state index in [1.165, 1.54) is 12.0 Å². The number of anilines is 1. The van der Waals surface area contributed by atoms with E-state index in [9.17, 15) is 18.0 Å². The Hall–Kier alpha value is -3.56. The van der Waals surface area contributed by atoms with Gasteiger partial charge < -0.3 is 15.0 Å². The Kier molecular flexibility index (Phi) is 10.3. The second kappa shape index (κ2) is 13.9. The first-order valence-corrected chi connectivity index (χ1v) is 15.9. The van der Waals surface area contributed by atoms with Gasteiger partial charge in [0.2, 0.25) is 21.8 Å². The lowest BCUT2D eigenvalue weighted by Crippen LogP contribution is -2.54. The zero-order chi connectivity index (χ0) is 29.4. The highest BCUT2D eigenvalue weighted by molar-refractivity contribution is 7.92. The molecule has 1 fully saturated rings. The number of nitrogens with zero attached hydrogens (tertiary/aromatic N) is 2. The predicted octanol–water partition coefficient (Wildman–Crippen LogP) is 4.81. The van der Waals surface area contributed by atoms with E-state index < -0.39 is 28.5 Å². The van der Waals surface area contributed by atoms with Gasteiger partial charge in [-0.1, -0.05) is 66.9 Å². The molecular formula is C31H36ClN3O5S. The zero-order valence-corrected chi connectivity index (χ0v) is 24.9. The molecule has 0 unspecified atom stereocenters. The van der Waals surface area contributed by atoms with Crippen molar-refractivity contribution in [1.82, 2.24) is 10.2 Å². The average molecular weight is 598 g/mol. The minimum atomic E-state index is -3.84. The van der Waals surface area contributed by atoms with Gasteiger partial charge in [-0.05, 0) is 60.4 Å². The second-order valence-electron chi connectivity index (χ2n) is 10.3. The number of methoxy groups -OCH3 is 1. The fraction of sp³-hybridized carbons (Fsp3) is 0.355. The Morgan fingerprint density at radius 2 is 1.59 bits per heavy atom. The van der Waals surface area contributed by atoms with Crippen molar-refractivity contribution in [3.05, 3.63) is 95.0 Å².